The van der Waals surface area contributed by atoms with E-state index in [0.29, 0.717) is 18.8 Å². The fourth-order valence-electron chi connectivity index (χ4n) is 3.22. The first-order valence-corrected chi connectivity index (χ1v) is 8.99. The summed E-state index contributed by atoms with van der Waals surface area (Å²) in [5.74, 6) is 0.415. The number of nitroso groups, excluding NO2 is 1. The molecule has 0 aliphatic carbocycles. The third kappa shape index (κ3) is 7.16. The van der Waals surface area contributed by atoms with Crippen LogP contribution in [0.4, 0.5) is 0 Å². The molecule has 0 aliphatic rings. The first-order valence-electron chi connectivity index (χ1n) is 8.99. The summed E-state index contributed by atoms with van der Waals surface area (Å²) < 4.78 is 6.17. The van der Waals surface area contributed by atoms with Gasteiger partial charge < -0.3 is 14.9 Å². The van der Waals surface area contributed by atoms with E-state index in [0.717, 1.165) is 0 Å². The number of aliphatic hydroxyl groups is 2. The van der Waals surface area contributed by atoms with E-state index in [1.165, 1.54) is 0 Å². The molecule has 5 nitrogen and oxygen atoms in total. The van der Waals surface area contributed by atoms with Crippen LogP contribution in [0.3, 0.4) is 0 Å². The lowest BCUT2D eigenvalue weighted by molar-refractivity contribution is -0.145. The van der Waals surface area contributed by atoms with Gasteiger partial charge in [0, 0.05) is 0 Å². The van der Waals surface area contributed by atoms with Crippen LogP contribution in [0.1, 0.15) is 75.2 Å². The molecule has 0 bridgehead atoms. The molecule has 5 heteroatoms. The van der Waals surface area contributed by atoms with Crippen molar-refractivity contribution in [3.8, 4) is 0 Å². The smallest absolute Gasteiger partial charge is 0.0856 e. The molecule has 3 unspecified atom stereocenters. The van der Waals surface area contributed by atoms with Gasteiger partial charge in [0.1, 0.15) is 0 Å². The van der Waals surface area contributed by atoms with Crippen molar-refractivity contribution >= 4 is 0 Å². The van der Waals surface area contributed by atoms with Crippen LogP contribution in [0.25, 0.3) is 0 Å². The molecule has 0 amide bonds. The lowest BCUT2D eigenvalue weighted by Crippen LogP contribution is -2.50. The van der Waals surface area contributed by atoms with Gasteiger partial charge in [-0.3, -0.25) is 0 Å². The molecule has 0 radical (unpaired) electrons. The molecule has 0 aliphatic heterocycles. The monoisotopic (exact) mass is 345 g/mol. The summed E-state index contributed by atoms with van der Waals surface area (Å²) in [5.41, 5.74) is -1.53. The normalized spacial score (nSPS) is 17.7. The lowest BCUT2D eigenvalue weighted by atomic mass is 9.69. The second kappa shape index (κ2) is 8.72. The minimum Gasteiger partial charge on any atom is -0.390 e. The van der Waals surface area contributed by atoms with Crippen molar-refractivity contribution in [1.82, 2.24) is 0 Å². The number of ether oxygens (including phenoxy) is 1. The molecule has 3 atom stereocenters. The van der Waals surface area contributed by atoms with Crippen LogP contribution < -0.4 is 0 Å². The van der Waals surface area contributed by atoms with Crippen molar-refractivity contribution in [2.75, 3.05) is 6.54 Å². The predicted molar refractivity (Wildman–Crippen MR) is 98.9 cm³/mol. The van der Waals surface area contributed by atoms with Gasteiger partial charge in [-0.1, -0.05) is 46.7 Å². The zero-order valence-electron chi connectivity index (χ0n) is 17.1. The van der Waals surface area contributed by atoms with Crippen molar-refractivity contribution in [1.29, 1.82) is 0 Å². The van der Waals surface area contributed by atoms with Crippen molar-refractivity contribution < 1.29 is 14.9 Å². The summed E-state index contributed by atoms with van der Waals surface area (Å²) in [6.07, 6.45) is -0.691. The fourth-order valence-corrected chi connectivity index (χ4v) is 3.22. The van der Waals surface area contributed by atoms with Gasteiger partial charge in [-0.15, -0.1) is 0 Å². The number of aliphatic hydroxyl groups excluding tert-OH is 2. The number of hydrogen-bond donors (Lipinski definition) is 2. The Morgan fingerprint density at radius 2 is 1.38 bits per heavy atom. The van der Waals surface area contributed by atoms with Crippen molar-refractivity contribution in [2.45, 2.75) is 99.1 Å². The Hall–Kier alpha value is -0.520. The van der Waals surface area contributed by atoms with Gasteiger partial charge in [0.25, 0.3) is 0 Å². The van der Waals surface area contributed by atoms with E-state index in [1.807, 2.05) is 41.5 Å². The van der Waals surface area contributed by atoms with Crippen LogP contribution >= 0.6 is 0 Å². The van der Waals surface area contributed by atoms with Crippen molar-refractivity contribution in [3.63, 3.8) is 0 Å². The molecule has 2 N–H and O–H groups in total. The molecule has 0 saturated heterocycles. The molecule has 0 aromatic rings. The summed E-state index contributed by atoms with van der Waals surface area (Å²) in [6.45, 7) is 18.1. The third-order valence-electron chi connectivity index (χ3n) is 5.07. The van der Waals surface area contributed by atoms with Gasteiger partial charge >= 0.3 is 0 Å². The van der Waals surface area contributed by atoms with E-state index >= 15 is 0 Å². The number of hydrogen-bond acceptors (Lipinski definition) is 5. The van der Waals surface area contributed by atoms with Gasteiger partial charge in [0.15, 0.2) is 0 Å². The first-order chi connectivity index (χ1) is 10.7. The van der Waals surface area contributed by atoms with Crippen LogP contribution in [0.2, 0.25) is 0 Å². The van der Waals surface area contributed by atoms with E-state index in [1.54, 1.807) is 0 Å². The third-order valence-corrected chi connectivity index (χ3v) is 5.07. The Morgan fingerprint density at radius 3 is 1.79 bits per heavy atom. The standard InChI is InChI=1S/C19H39NO4/c1-13(2)14(3)24-19(8,9)12-18(6,7)16(22)15(21)17(4,5)10-11-20-23/h13-16,21-22H,10-12H2,1-9H3. The van der Waals surface area contributed by atoms with Crippen LogP contribution in [0.5, 0.6) is 0 Å². The fraction of sp³-hybridized carbons (Fsp3) is 1.00. The predicted octanol–water partition coefficient (Wildman–Crippen LogP) is 4.15. The molecule has 0 rings (SSSR count). The topological polar surface area (TPSA) is 79.1 Å². The van der Waals surface area contributed by atoms with Gasteiger partial charge in [-0.05, 0) is 50.4 Å². The quantitative estimate of drug-likeness (QED) is 0.551. The Bertz CT molecular complexity index is 391. The van der Waals surface area contributed by atoms with E-state index < -0.39 is 28.6 Å². The minimum atomic E-state index is -0.937. The van der Waals surface area contributed by atoms with Crippen LogP contribution in [-0.2, 0) is 4.74 Å². The average molecular weight is 346 g/mol. The lowest BCUT2D eigenvalue weighted by Gasteiger charge is -2.44. The maximum absolute atomic E-state index is 10.8. The van der Waals surface area contributed by atoms with Gasteiger partial charge in [0.2, 0.25) is 0 Å². The van der Waals surface area contributed by atoms with Crippen LogP contribution in [0, 0.1) is 21.7 Å². The van der Waals surface area contributed by atoms with Gasteiger partial charge in [0.05, 0.1) is 30.5 Å². The molecule has 0 fully saturated rings. The molecular weight excluding hydrogens is 306 g/mol. The highest BCUT2D eigenvalue weighted by atomic mass is 16.5. The second-order valence-corrected chi connectivity index (χ2v) is 9.47. The Labute approximate surface area is 148 Å². The van der Waals surface area contributed by atoms with Crippen LogP contribution in [-0.4, -0.2) is 40.7 Å². The maximum Gasteiger partial charge on any atom is 0.0856 e. The summed E-state index contributed by atoms with van der Waals surface area (Å²) in [6, 6.07) is 0. The SMILES string of the molecule is CC(C)C(C)OC(C)(C)CC(C)(C)C(O)C(O)C(C)(C)CCN=O. The van der Waals surface area contributed by atoms with E-state index in [-0.39, 0.29) is 12.6 Å². The Morgan fingerprint density at radius 1 is 0.917 bits per heavy atom. The highest BCUT2D eigenvalue weighted by Gasteiger charge is 2.44. The summed E-state index contributed by atoms with van der Waals surface area (Å²) in [7, 11) is 0. The summed E-state index contributed by atoms with van der Waals surface area (Å²) in [4.78, 5) is 10.4. The first kappa shape index (κ1) is 23.5. The van der Waals surface area contributed by atoms with E-state index in [9.17, 15) is 15.1 Å². The van der Waals surface area contributed by atoms with Gasteiger partial charge in [-0.2, -0.15) is 4.91 Å². The molecule has 24 heavy (non-hydrogen) atoms. The Kier molecular flexibility index (Phi) is 8.54. The molecule has 0 heterocycles. The highest BCUT2D eigenvalue weighted by Crippen LogP contribution is 2.40. The maximum atomic E-state index is 10.8. The summed E-state index contributed by atoms with van der Waals surface area (Å²) in [5, 5.41) is 24.3. The largest absolute Gasteiger partial charge is 0.390 e. The minimum absolute atomic E-state index is 0.118. The molecular formula is C19H39NO4. The second-order valence-electron chi connectivity index (χ2n) is 9.47. The molecule has 0 aromatic carbocycles. The molecule has 0 aromatic heterocycles. The zero-order valence-corrected chi connectivity index (χ0v) is 17.1. The van der Waals surface area contributed by atoms with Crippen molar-refractivity contribution in [3.05, 3.63) is 4.91 Å². The Balaban J connectivity index is 5.05. The average Bonchev–Trinajstić information content (AvgIpc) is 2.41. The molecule has 0 spiro atoms. The molecule has 144 valence electrons. The van der Waals surface area contributed by atoms with E-state index in [2.05, 4.69) is 25.9 Å². The van der Waals surface area contributed by atoms with Crippen LogP contribution in [0.15, 0.2) is 5.18 Å². The van der Waals surface area contributed by atoms with E-state index in [4.69, 9.17) is 4.74 Å². The zero-order chi connectivity index (χ0) is 19.3. The molecule has 0 saturated carbocycles. The number of nitrogens with zero attached hydrogens (tertiary/aromatic N) is 1. The van der Waals surface area contributed by atoms with Gasteiger partial charge in [-0.25, -0.2) is 0 Å². The number of rotatable bonds is 11. The van der Waals surface area contributed by atoms with Crippen molar-refractivity contribution in [2.24, 2.45) is 21.9 Å². The summed E-state index contributed by atoms with van der Waals surface area (Å²) >= 11 is 0. The highest BCUT2D eigenvalue weighted by molar-refractivity contribution is 4.94.